The molecule has 0 spiro atoms. The van der Waals surface area contributed by atoms with Crippen molar-refractivity contribution in [2.24, 2.45) is 5.92 Å². The summed E-state index contributed by atoms with van der Waals surface area (Å²) in [6.45, 7) is 7.80. The van der Waals surface area contributed by atoms with Gasteiger partial charge in [-0.2, -0.15) is 0 Å². The first-order valence-corrected chi connectivity index (χ1v) is 15.8. The van der Waals surface area contributed by atoms with Gasteiger partial charge in [-0.15, -0.1) is 0 Å². The van der Waals surface area contributed by atoms with Crippen molar-refractivity contribution in [3.8, 4) is 5.75 Å². The summed E-state index contributed by atoms with van der Waals surface area (Å²) >= 11 is 6.30. The zero-order valence-electron chi connectivity index (χ0n) is 24.8. The van der Waals surface area contributed by atoms with Crippen LogP contribution in [0.15, 0.2) is 77.7 Å². The highest BCUT2D eigenvalue weighted by Crippen LogP contribution is 2.35. The van der Waals surface area contributed by atoms with Crippen LogP contribution >= 0.6 is 11.6 Å². The fourth-order valence-electron chi connectivity index (χ4n) is 4.53. The number of aryl methyl sites for hydroxylation is 1. The topological polar surface area (TPSA) is 96.0 Å². The molecule has 0 fully saturated rings. The van der Waals surface area contributed by atoms with Crippen molar-refractivity contribution in [2.75, 3.05) is 31.0 Å². The van der Waals surface area contributed by atoms with Gasteiger partial charge in [0.2, 0.25) is 11.8 Å². The molecule has 1 N–H and O–H groups in total. The van der Waals surface area contributed by atoms with Gasteiger partial charge < -0.3 is 15.0 Å². The number of sulfonamides is 1. The van der Waals surface area contributed by atoms with Crippen molar-refractivity contribution in [2.45, 2.75) is 51.5 Å². The van der Waals surface area contributed by atoms with Gasteiger partial charge in [0.15, 0.2) is 0 Å². The maximum Gasteiger partial charge on any atom is 0.264 e. The Morgan fingerprint density at radius 1 is 1.00 bits per heavy atom. The Labute approximate surface area is 254 Å². The monoisotopic (exact) mass is 613 g/mol. The Morgan fingerprint density at radius 2 is 1.67 bits per heavy atom. The lowest BCUT2D eigenvalue weighted by Gasteiger charge is -2.33. The number of hydrogen-bond donors (Lipinski definition) is 1. The predicted molar refractivity (Wildman–Crippen MR) is 168 cm³/mol. The van der Waals surface area contributed by atoms with Gasteiger partial charge in [0, 0.05) is 18.1 Å². The smallest absolute Gasteiger partial charge is 0.264 e. The van der Waals surface area contributed by atoms with Gasteiger partial charge in [0.25, 0.3) is 10.0 Å². The second kappa shape index (κ2) is 15.1. The average Bonchev–Trinajstić information content (AvgIpc) is 2.97. The number of amides is 2. The third-order valence-electron chi connectivity index (χ3n) is 6.85. The third-order valence-corrected chi connectivity index (χ3v) is 8.86. The van der Waals surface area contributed by atoms with Gasteiger partial charge in [-0.05, 0) is 61.6 Å². The number of ether oxygens (including phenoxy) is 1. The van der Waals surface area contributed by atoms with Gasteiger partial charge in [0.1, 0.15) is 18.3 Å². The van der Waals surface area contributed by atoms with Crippen LogP contribution in [0.4, 0.5) is 5.69 Å². The minimum atomic E-state index is -4.24. The number of carbonyl (C=O) groups excluding carboxylic acids is 2. The quantitative estimate of drug-likeness (QED) is 0.260. The van der Waals surface area contributed by atoms with E-state index in [-0.39, 0.29) is 39.7 Å². The van der Waals surface area contributed by atoms with E-state index in [1.54, 1.807) is 24.3 Å². The Morgan fingerprint density at radius 3 is 2.26 bits per heavy atom. The van der Waals surface area contributed by atoms with Crippen molar-refractivity contribution < 1.29 is 22.7 Å². The molecule has 0 aliphatic heterocycles. The standard InChI is InChI=1S/C32H40ClN3O5S/c1-6-28(32(38)34-21-23(2)3)35(19-18-25-10-8-7-9-11-25)31(37)22-36(29-20-26(33)14-17-30(29)41-5)42(39,40)27-15-12-24(4)13-16-27/h7-17,20,23,28H,6,18-19,21-22H2,1-5H3,(H,34,38)/t28-/m1/s1. The van der Waals surface area contributed by atoms with Crippen LogP contribution in [0.5, 0.6) is 5.75 Å². The summed E-state index contributed by atoms with van der Waals surface area (Å²) in [5.41, 5.74) is 2.01. The lowest BCUT2D eigenvalue weighted by atomic mass is 10.1. The molecule has 1 atom stereocenters. The van der Waals surface area contributed by atoms with E-state index in [1.807, 2.05) is 58.0 Å². The maximum absolute atomic E-state index is 14.2. The Hall–Kier alpha value is -3.56. The third kappa shape index (κ3) is 8.49. The van der Waals surface area contributed by atoms with E-state index in [0.29, 0.717) is 19.4 Å². The molecular formula is C32H40ClN3O5S. The van der Waals surface area contributed by atoms with Crippen molar-refractivity contribution in [3.63, 3.8) is 0 Å². The summed E-state index contributed by atoms with van der Waals surface area (Å²) in [5, 5.41) is 3.22. The van der Waals surface area contributed by atoms with E-state index < -0.39 is 28.5 Å². The van der Waals surface area contributed by atoms with E-state index in [1.165, 1.54) is 30.2 Å². The first-order chi connectivity index (χ1) is 20.0. The molecule has 0 bridgehead atoms. The number of hydrogen-bond acceptors (Lipinski definition) is 5. The molecule has 0 saturated heterocycles. The van der Waals surface area contributed by atoms with Crippen molar-refractivity contribution in [1.29, 1.82) is 0 Å². The Kier molecular flexibility index (Phi) is 11.8. The van der Waals surface area contributed by atoms with Gasteiger partial charge >= 0.3 is 0 Å². The summed E-state index contributed by atoms with van der Waals surface area (Å²) < 4.78 is 34.7. The molecule has 0 unspecified atom stereocenters. The number of methoxy groups -OCH3 is 1. The van der Waals surface area contributed by atoms with E-state index >= 15 is 0 Å². The molecule has 0 aliphatic carbocycles. The summed E-state index contributed by atoms with van der Waals surface area (Å²) in [6, 6.07) is 19.8. The largest absolute Gasteiger partial charge is 0.495 e. The molecule has 10 heteroatoms. The van der Waals surface area contributed by atoms with Crippen LogP contribution in [0.3, 0.4) is 0 Å². The zero-order valence-corrected chi connectivity index (χ0v) is 26.4. The molecule has 8 nitrogen and oxygen atoms in total. The summed E-state index contributed by atoms with van der Waals surface area (Å²) in [7, 11) is -2.82. The van der Waals surface area contributed by atoms with Gasteiger partial charge in [0.05, 0.1) is 17.7 Å². The molecule has 0 aromatic heterocycles. The van der Waals surface area contributed by atoms with Gasteiger partial charge in [-0.3, -0.25) is 13.9 Å². The molecule has 0 heterocycles. The summed E-state index contributed by atoms with van der Waals surface area (Å²) in [6.07, 6.45) is 0.849. The molecule has 42 heavy (non-hydrogen) atoms. The fraction of sp³-hybridized carbons (Fsp3) is 0.375. The van der Waals surface area contributed by atoms with Crippen molar-refractivity contribution >= 4 is 39.1 Å². The average molecular weight is 614 g/mol. The number of anilines is 1. The molecular weight excluding hydrogens is 574 g/mol. The number of halogens is 1. The number of nitrogens with zero attached hydrogens (tertiary/aromatic N) is 2. The highest BCUT2D eigenvalue weighted by molar-refractivity contribution is 7.92. The maximum atomic E-state index is 14.2. The van der Waals surface area contributed by atoms with Crippen LogP contribution in [-0.4, -0.2) is 57.9 Å². The predicted octanol–water partition coefficient (Wildman–Crippen LogP) is 5.47. The molecule has 226 valence electrons. The lowest BCUT2D eigenvalue weighted by molar-refractivity contribution is -0.139. The normalized spacial score (nSPS) is 12.1. The fourth-order valence-corrected chi connectivity index (χ4v) is 6.11. The van der Waals surface area contributed by atoms with E-state index in [0.717, 1.165) is 15.4 Å². The SMILES string of the molecule is CC[C@H](C(=O)NCC(C)C)N(CCc1ccccc1)C(=O)CN(c1cc(Cl)ccc1OC)S(=O)(=O)c1ccc(C)cc1. The zero-order chi connectivity index (χ0) is 30.9. The lowest BCUT2D eigenvalue weighted by Crippen LogP contribution is -2.53. The van der Waals surface area contributed by atoms with Gasteiger partial charge in [-0.1, -0.05) is 80.4 Å². The number of nitrogens with one attached hydrogen (secondary N) is 1. The number of rotatable bonds is 14. The molecule has 3 aromatic rings. The van der Waals surface area contributed by atoms with E-state index in [2.05, 4.69) is 5.32 Å². The second-order valence-electron chi connectivity index (χ2n) is 10.5. The van der Waals surface area contributed by atoms with Crippen LogP contribution in [0.1, 0.15) is 38.3 Å². The first kappa shape index (κ1) is 32.9. The molecule has 3 rings (SSSR count). The van der Waals surface area contributed by atoms with Gasteiger partial charge in [-0.25, -0.2) is 8.42 Å². The molecule has 0 aliphatic rings. The Balaban J connectivity index is 2.06. The molecule has 0 saturated carbocycles. The second-order valence-corrected chi connectivity index (χ2v) is 12.8. The minimum absolute atomic E-state index is 0.0143. The summed E-state index contributed by atoms with van der Waals surface area (Å²) in [4.78, 5) is 29.0. The number of benzene rings is 3. The van der Waals surface area contributed by atoms with Crippen molar-refractivity contribution in [1.82, 2.24) is 10.2 Å². The van der Waals surface area contributed by atoms with E-state index in [9.17, 15) is 18.0 Å². The highest BCUT2D eigenvalue weighted by Gasteiger charge is 2.34. The minimum Gasteiger partial charge on any atom is -0.495 e. The van der Waals surface area contributed by atoms with E-state index in [4.69, 9.17) is 16.3 Å². The van der Waals surface area contributed by atoms with Crippen LogP contribution in [0.2, 0.25) is 5.02 Å². The van der Waals surface area contributed by atoms with Crippen molar-refractivity contribution in [3.05, 3.63) is 88.9 Å². The number of carbonyl (C=O) groups is 2. The first-order valence-electron chi connectivity index (χ1n) is 14.0. The summed E-state index contributed by atoms with van der Waals surface area (Å²) in [5.74, 6) is -0.332. The van der Waals surface area contributed by atoms with Crippen LogP contribution < -0.4 is 14.4 Å². The Bertz CT molecular complexity index is 1450. The molecule has 0 radical (unpaired) electrons. The van der Waals surface area contributed by atoms with Crippen LogP contribution in [0, 0.1) is 12.8 Å². The highest BCUT2D eigenvalue weighted by atomic mass is 35.5. The van der Waals surface area contributed by atoms with Crippen LogP contribution in [0.25, 0.3) is 0 Å². The van der Waals surface area contributed by atoms with Crippen LogP contribution in [-0.2, 0) is 26.0 Å². The molecule has 2 amide bonds. The molecule has 3 aromatic carbocycles.